The predicted molar refractivity (Wildman–Crippen MR) is 132 cm³/mol. The number of nitrogens with one attached hydrogen (secondary N) is 2. The summed E-state index contributed by atoms with van der Waals surface area (Å²) < 4.78 is 1.88. The van der Waals surface area contributed by atoms with Crippen molar-refractivity contribution in [2.24, 2.45) is 4.99 Å². The van der Waals surface area contributed by atoms with Crippen molar-refractivity contribution in [3.05, 3.63) is 41.3 Å². The summed E-state index contributed by atoms with van der Waals surface area (Å²) >= 11 is 0. The van der Waals surface area contributed by atoms with Gasteiger partial charge in [0.05, 0.1) is 5.69 Å². The molecule has 1 saturated carbocycles. The fourth-order valence-electron chi connectivity index (χ4n) is 4.59. The van der Waals surface area contributed by atoms with Crippen LogP contribution in [0.25, 0.3) is 5.82 Å². The van der Waals surface area contributed by atoms with E-state index >= 15 is 0 Å². The van der Waals surface area contributed by atoms with Crippen LogP contribution in [0.4, 0.5) is 0 Å². The second kappa shape index (κ2) is 10.6. The first kappa shape index (κ1) is 23.0. The van der Waals surface area contributed by atoms with Gasteiger partial charge in [0.1, 0.15) is 0 Å². The standard InChI is InChI=1S/C22H33N7.HI/c1-16-12-17(2)29(27-16)21-9-8-18(13-24-21)14-25-22(23-3)26-19-10-11-28(15-19)20-6-4-5-7-20;/h8-9,12-13,19-20H,4-7,10-11,14-15H2,1-3H3,(H2,23,25,26);1H. The Morgan fingerprint density at radius 1 is 1.20 bits per heavy atom. The van der Waals surface area contributed by atoms with E-state index in [-0.39, 0.29) is 24.0 Å². The lowest BCUT2D eigenvalue weighted by Crippen LogP contribution is -2.45. The molecule has 1 saturated heterocycles. The third kappa shape index (κ3) is 5.51. The van der Waals surface area contributed by atoms with Gasteiger partial charge in [-0.3, -0.25) is 9.89 Å². The molecule has 1 atom stereocenters. The van der Waals surface area contributed by atoms with E-state index in [1.807, 2.05) is 37.8 Å². The molecule has 1 aliphatic carbocycles. The van der Waals surface area contributed by atoms with Crippen molar-refractivity contribution in [2.75, 3.05) is 20.1 Å². The number of halogens is 1. The molecule has 164 valence electrons. The van der Waals surface area contributed by atoms with Gasteiger partial charge in [-0.25, -0.2) is 9.67 Å². The fourth-order valence-corrected chi connectivity index (χ4v) is 4.59. The van der Waals surface area contributed by atoms with E-state index in [9.17, 15) is 0 Å². The van der Waals surface area contributed by atoms with Gasteiger partial charge in [-0.15, -0.1) is 24.0 Å². The lowest BCUT2D eigenvalue weighted by Gasteiger charge is -2.24. The molecular formula is C22H34IN7. The molecular weight excluding hydrogens is 489 g/mol. The zero-order valence-electron chi connectivity index (χ0n) is 18.3. The van der Waals surface area contributed by atoms with Crippen molar-refractivity contribution in [2.45, 2.75) is 64.6 Å². The topological polar surface area (TPSA) is 70.4 Å². The van der Waals surface area contributed by atoms with Crippen molar-refractivity contribution < 1.29 is 0 Å². The third-order valence-corrected chi connectivity index (χ3v) is 6.12. The number of rotatable bonds is 5. The number of likely N-dealkylation sites (tertiary alicyclic amines) is 1. The van der Waals surface area contributed by atoms with Gasteiger partial charge in [-0.1, -0.05) is 18.9 Å². The summed E-state index contributed by atoms with van der Waals surface area (Å²) in [6, 6.07) is 7.46. The lowest BCUT2D eigenvalue weighted by molar-refractivity contribution is 0.242. The molecule has 8 heteroatoms. The van der Waals surface area contributed by atoms with E-state index in [1.54, 1.807) is 0 Å². The van der Waals surface area contributed by atoms with Gasteiger partial charge in [0, 0.05) is 50.7 Å². The normalized spacial score (nSPS) is 20.4. The number of aryl methyl sites for hydroxylation is 2. The Kier molecular flexibility index (Phi) is 8.10. The summed E-state index contributed by atoms with van der Waals surface area (Å²) in [7, 11) is 1.84. The second-order valence-electron chi connectivity index (χ2n) is 8.35. The van der Waals surface area contributed by atoms with Gasteiger partial charge in [0.2, 0.25) is 0 Å². The number of pyridine rings is 1. The van der Waals surface area contributed by atoms with Crippen LogP contribution in [0.5, 0.6) is 0 Å². The summed E-state index contributed by atoms with van der Waals surface area (Å²) in [5.74, 6) is 1.71. The molecule has 2 aliphatic rings. The van der Waals surface area contributed by atoms with E-state index in [0.29, 0.717) is 12.6 Å². The molecule has 0 spiro atoms. The smallest absolute Gasteiger partial charge is 0.191 e. The van der Waals surface area contributed by atoms with E-state index in [4.69, 9.17) is 0 Å². The zero-order chi connectivity index (χ0) is 20.2. The molecule has 0 bridgehead atoms. The molecule has 3 heterocycles. The van der Waals surface area contributed by atoms with Crippen LogP contribution in [0.2, 0.25) is 0 Å². The van der Waals surface area contributed by atoms with Crippen molar-refractivity contribution >= 4 is 29.9 Å². The molecule has 2 aromatic heterocycles. The number of guanidine groups is 1. The van der Waals surface area contributed by atoms with Crippen molar-refractivity contribution in [1.82, 2.24) is 30.3 Å². The van der Waals surface area contributed by atoms with Gasteiger partial charge in [-0.2, -0.15) is 5.10 Å². The van der Waals surface area contributed by atoms with Crippen LogP contribution < -0.4 is 10.6 Å². The summed E-state index contributed by atoms with van der Waals surface area (Å²) in [6.45, 7) is 7.08. The number of hydrogen-bond donors (Lipinski definition) is 2. The maximum absolute atomic E-state index is 4.58. The van der Waals surface area contributed by atoms with Gasteiger partial charge in [0.15, 0.2) is 11.8 Å². The van der Waals surface area contributed by atoms with Crippen LogP contribution in [0.15, 0.2) is 29.4 Å². The first-order valence-electron chi connectivity index (χ1n) is 10.8. The van der Waals surface area contributed by atoms with E-state index in [1.165, 1.54) is 38.6 Å². The molecule has 0 radical (unpaired) electrons. The molecule has 0 amide bonds. The SMILES string of the molecule is CN=C(NCc1ccc(-n2nc(C)cc2C)nc1)NC1CCN(C2CCCC2)C1.I. The Morgan fingerprint density at radius 2 is 2.00 bits per heavy atom. The molecule has 7 nitrogen and oxygen atoms in total. The first-order valence-corrected chi connectivity index (χ1v) is 10.8. The molecule has 2 N–H and O–H groups in total. The Bertz CT molecular complexity index is 840. The van der Waals surface area contributed by atoms with Crippen molar-refractivity contribution in [3.8, 4) is 5.82 Å². The van der Waals surface area contributed by atoms with Gasteiger partial charge >= 0.3 is 0 Å². The first-order chi connectivity index (χ1) is 14.1. The van der Waals surface area contributed by atoms with Gasteiger partial charge in [0.25, 0.3) is 0 Å². The number of nitrogens with zero attached hydrogens (tertiary/aromatic N) is 5. The molecule has 1 unspecified atom stereocenters. The van der Waals surface area contributed by atoms with Crippen molar-refractivity contribution in [1.29, 1.82) is 0 Å². The van der Waals surface area contributed by atoms with Gasteiger partial charge in [-0.05, 0) is 50.8 Å². The van der Waals surface area contributed by atoms with Crippen LogP contribution in [-0.2, 0) is 6.54 Å². The maximum atomic E-state index is 4.58. The van der Waals surface area contributed by atoms with Crippen LogP contribution in [0, 0.1) is 13.8 Å². The minimum atomic E-state index is 0. The fraction of sp³-hybridized carbons (Fsp3) is 0.591. The van der Waals surface area contributed by atoms with Crippen LogP contribution >= 0.6 is 24.0 Å². The Labute approximate surface area is 196 Å². The molecule has 1 aliphatic heterocycles. The van der Waals surface area contributed by atoms with Crippen LogP contribution in [-0.4, -0.2) is 57.8 Å². The third-order valence-electron chi connectivity index (χ3n) is 6.12. The average molecular weight is 523 g/mol. The van der Waals surface area contributed by atoms with E-state index in [0.717, 1.165) is 41.3 Å². The number of aromatic nitrogens is 3. The number of hydrogen-bond acceptors (Lipinski definition) is 4. The van der Waals surface area contributed by atoms with Crippen molar-refractivity contribution in [3.63, 3.8) is 0 Å². The Hall–Kier alpha value is -1.68. The van der Waals surface area contributed by atoms with E-state index in [2.05, 4.69) is 42.7 Å². The Balaban J connectivity index is 0.00000256. The largest absolute Gasteiger partial charge is 0.352 e. The highest BCUT2D eigenvalue weighted by molar-refractivity contribution is 14.0. The summed E-state index contributed by atoms with van der Waals surface area (Å²) in [5.41, 5.74) is 3.22. The predicted octanol–water partition coefficient (Wildman–Crippen LogP) is 3.18. The van der Waals surface area contributed by atoms with Crippen LogP contribution in [0.1, 0.15) is 49.1 Å². The summed E-state index contributed by atoms with van der Waals surface area (Å²) in [4.78, 5) is 11.7. The lowest BCUT2D eigenvalue weighted by atomic mass is 10.2. The van der Waals surface area contributed by atoms with Crippen LogP contribution in [0.3, 0.4) is 0 Å². The molecule has 2 fully saturated rings. The Morgan fingerprint density at radius 3 is 2.63 bits per heavy atom. The zero-order valence-corrected chi connectivity index (χ0v) is 20.6. The monoisotopic (exact) mass is 523 g/mol. The highest BCUT2D eigenvalue weighted by atomic mass is 127. The second-order valence-corrected chi connectivity index (χ2v) is 8.35. The quantitative estimate of drug-likeness (QED) is 0.358. The van der Waals surface area contributed by atoms with Gasteiger partial charge < -0.3 is 10.6 Å². The number of aliphatic imine (C=N–C) groups is 1. The highest BCUT2D eigenvalue weighted by Gasteiger charge is 2.30. The van der Waals surface area contributed by atoms with E-state index < -0.39 is 0 Å². The minimum Gasteiger partial charge on any atom is -0.352 e. The summed E-state index contributed by atoms with van der Waals surface area (Å²) in [5, 5.41) is 11.5. The molecule has 2 aromatic rings. The maximum Gasteiger partial charge on any atom is 0.191 e. The molecule has 4 rings (SSSR count). The minimum absolute atomic E-state index is 0. The molecule has 30 heavy (non-hydrogen) atoms. The molecule has 0 aromatic carbocycles. The highest BCUT2D eigenvalue weighted by Crippen LogP contribution is 2.26. The average Bonchev–Trinajstić information content (AvgIpc) is 3.47. The summed E-state index contributed by atoms with van der Waals surface area (Å²) in [6.07, 6.45) is 8.64.